The molecule has 3 rings (SSSR count). The molecule has 1 aliphatic heterocycles. The maximum atomic E-state index is 12.8. The van der Waals surface area contributed by atoms with E-state index in [1.54, 1.807) is 14.0 Å². The number of rotatable bonds is 9. The second-order valence-electron chi connectivity index (χ2n) is 7.56. The summed E-state index contributed by atoms with van der Waals surface area (Å²) >= 11 is 0. The fourth-order valence-electron chi connectivity index (χ4n) is 3.40. The predicted molar refractivity (Wildman–Crippen MR) is 103 cm³/mol. The Bertz CT molecular complexity index is 722. The molecule has 3 N–H and O–H groups in total. The Kier molecular flexibility index (Phi) is 5.97. The number of carbonyl (C=O) groups is 2. The van der Waals surface area contributed by atoms with Crippen molar-refractivity contribution in [3.05, 3.63) is 41.5 Å². The quantitative estimate of drug-likeness (QED) is 0.510. The SMILES string of the molecule is COc1ccc(C[C@H](N)C(=O)N[C@@H](CC2=CCCC2)C(=O)[C@]2(C)CO2)cc1. The van der Waals surface area contributed by atoms with E-state index in [2.05, 4.69) is 11.4 Å². The van der Waals surface area contributed by atoms with Crippen LogP contribution in [0.15, 0.2) is 35.9 Å². The van der Waals surface area contributed by atoms with Crippen LogP contribution in [0.25, 0.3) is 0 Å². The lowest BCUT2D eigenvalue weighted by atomic mass is 9.94. The van der Waals surface area contributed by atoms with Crippen LogP contribution in [0.4, 0.5) is 0 Å². The maximum absolute atomic E-state index is 12.8. The number of ketones is 1. The normalized spacial score (nSPS) is 23.3. The molecular weight excluding hydrogens is 344 g/mol. The van der Waals surface area contributed by atoms with Crippen molar-refractivity contribution in [1.29, 1.82) is 0 Å². The molecule has 0 spiro atoms. The number of methoxy groups -OCH3 is 1. The van der Waals surface area contributed by atoms with Crippen molar-refractivity contribution in [2.24, 2.45) is 5.73 Å². The molecule has 1 saturated heterocycles. The minimum Gasteiger partial charge on any atom is -0.497 e. The molecule has 1 aliphatic carbocycles. The van der Waals surface area contributed by atoms with E-state index in [1.807, 2.05) is 24.3 Å². The molecule has 3 atom stereocenters. The molecule has 1 aromatic carbocycles. The lowest BCUT2D eigenvalue weighted by molar-refractivity contribution is -0.131. The summed E-state index contributed by atoms with van der Waals surface area (Å²) < 4.78 is 10.4. The maximum Gasteiger partial charge on any atom is 0.237 e. The zero-order chi connectivity index (χ0) is 19.4. The number of allylic oxidation sites excluding steroid dienone is 1. The largest absolute Gasteiger partial charge is 0.497 e. The van der Waals surface area contributed by atoms with Gasteiger partial charge in [-0.15, -0.1) is 0 Å². The molecule has 0 unspecified atom stereocenters. The van der Waals surface area contributed by atoms with Crippen LogP contribution in [0.5, 0.6) is 5.75 Å². The van der Waals surface area contributed by atoms with Gasteiger partial charge in [-0.05, 0) is 56.7 Å². The number of amides is 1. The third kappa shape index (κ3) is 4.96. The van der Waals surface area contributed by atoms with Crippen LogP contribution in [0, 0.1) is 0 Å². The van der Waals surface area contributed by atoms with E-state index in [0.29, 0.717) is 19.4 Å². The lowest BCUT2D eigenvalue weighted by Gasteiger charge is -2.22. The van der Waals surface area contributed by atoms with Crippen LogP contribution in [0.1, 0.15) is 38.2 Å². The Labute approximate surface area is 160 Å². The second-order valence-corrected chi connectivity index (χ2v) is 7.56. The lowest BCUT2D eigenvalue weighted by Crippen LogP contribution is -2.51. The topological polar surface area (TPSA) is 93.9 Å². The molecule has 2 aliphatic rings. The van der Waals surface area contributed by atoms with Crippen LogP contribution in [-0.4, -0.2) is 43.1 Å². The van der Waals surface area contributed by atoms with Gasteiger partial charge in [-0.1, -0.05) is 23.8 Å². The van der Waals surface area contributed by atoms with Crippen LogP contribution in [0.2, 0.25) is 0 Å². The molecule has 1 aromatic rings. The van der Waals surface area contributed by atoms with Gasteiger partial charge >= 0.3 is 0 Å². The predicted octanol–water partition coefficient (Wildman–Crippen LogP) is 1.91. The monoisotopic (exact) mass is 372 g/mol. The molecule has 6 heteroatoms. The fraction of sp³-hybridized carbons (Fsp3) is 0.524. The molecule has 1 fully saturated rings. The van der Waals surface area contributed by atoms with Gasteiger partial charge < -0.3 is 20.5 Å². The standard InChI is InChI=1S/C21H28N2O4/c1-21(13-27-21)19(24)18(12-14-5-3-4-6-14)23-20(25)17(22)11-15-7-9-16(26-2)10-8-15/h5,7-10,17-18H,3-4,6,11-13,22H2,1-2H3,(H,23,25)/t17-,18-,21-/m0/s1. The van der Waals surface area contributed by atoms with Crippen LogP contribution >= 0.6 is 0 Å². The molecule has 146 valence electrons. The first-order chi connectivity index (χ1) is 12.9. The van der Waals surface area contributed by atoms with Crippen molar-refractivity contribution in [2.45, 2.75) is 56.7 Å². The highest BCUT2D eigenvalue weighted by atomic mass is 16.6. The van der Waals surface area contributed by atoms with Crippen LogP contribution < -0.4 is 15.8 Å². The number of benzene rings is 1. The summed E-state index contributed by atoms with van der Waals surface area (Å²) in [6, 6.07) is 6.14. The zero-order valence-electron chi connectivity index (χ0n) is 16.0. The van der Waals surface area contributed by atoms with Crippen molar-refractivity contribution < 1.29 is 19.1 Å². The van der Waals surface area contributed by atoms with Crippen molar-refractivity contribution in [3.63, 3.8) is 0 Å². The second kappa shape index (κ2) is 8.23. The van der Waals surface area contributed by atoms with Crippen molar-refractivity contribution in [1.82, 2.24) is 5.32 Å². The summed E-state index contributed by atoms with van der Waals surface area (Å²) in [6.07, 6.45) is 6.23. The zero-order valence-corrected chi connectivity index (χ0v) is 16.0. The van der Waals surface area contributed by atoms with Gasteiger partial charge in [0, 0.05) is 0 Å². The number of hydrogen-bond acceptors (Lipinski definition) is 5. The number of nitrogens with two attached hydrogens (primary N) is 1. The van der Waals surface area contributed by atoms with Crippen LogP contribution in [-0.2, 0) is 20.7 Å². The highest BCUT2D eigenvalue weighted by molar-refractivity contribution is 5.97. The summed E-state index contributed by atoms with van der Waals surface area (Å²) in [5.41, 5.74) is 7.50. The fourth-order valence-corrected chi connectivity index (χ4v) is 3.40. The first kappa shape index (κ1) is 19.6. The minimum atomic E-state index is -0.767. The van der Waals surface area contributed by atoms with E-state index in [4.69, 9.17) is 15.2 Å². The third-order valence-corrected chi connectivity index (χ3v) is 5.28. The van der Waals surface area contributed by atoms with E-state index in [-0.39, 0.29) is 11.7 Å². The van der Waals surface area contributed by atoms with E-state index < -0.39 is 17.7 Å². The average Bonchev–Trinajstić information content (AvgIpc) is 3.21. The molecule has 6 nitrogen and oxygen atoms in total. The number of ether oxygens (including phenoxy) is 2. The van der Waals surface area contributed by atoms with Gasteiger partial charge in [0.05, 0.1) is 25.8 Å². The molecule has 0 aromatic heterocycles. The minimum absolute atomic E-state index is 0.0692. The first-order valence-electron chi connectivity index (χ1n) is 9.46. The summed E-state index contributed by atoms with van der Waals surface area (Å²) in [5, 5.41) is 2.87. The van der Waals surface area contributed by atoms with Gasteiger partial charge in [-0.3, -0.25) is 9.59 Å². The number of nitrogens with one attached hydrogen (secondary N) is 1. The Morgan fingerprint density at radius 2 is 2.00 bits per heavy atom. The Morgan fingerprint density at radius 1 is 1.30 bits per heavy atom. The van der Waals surface area contributed by atoms with E-state index in [0.717, 1.165) is 30.6 Å². The Hall–Kier alpha value is -2.18. The summed E-state index contributed by atoms with van der Waals surface area (Å²) in [6.45, 7) is 2.18. The molecule has 1 amide bonds. The number of Topliss-reactive ketones (excluding diaryl/α,β-unsaturated/α-hetero) is 1. The molecule has 1 heterocycles. The van der Waals surface area contributed by atoms with E-state index >= 15 is 0 Å². The van der Waals surface area contributed by atoms with Gasteiger partial charge in [0.1, 0.15) is 11.4 Å². The average molecular weight is 372 g/mol. The van der Waals surface area contributed by atoms with Gasteiger partial charge in [0.2, 0.25) is 5.91 Å². The Morgan fingerprint density at radius 3 is 2.56 bits per heavy atom. The third-order valence-electron chi connectivity index (χ3n) is 5.28. The molecule has 0 radical (unpaired) electrons. The molecule has 0 saturated carbocycles. The van der Waals surface area contributed by atoms with Gasteiger partial charge in [0.25, 0.3) is 0 Å². The first-order valence-corrected chi connectivity index (χ1v) is 9.46. The highest BCUT2D eigenvalue weighted by Gasteiger charge is 2.50. The van der Waals surface area contributed by atoms with Gasteiger partial charge in [-0.25, -0.2) is 0 Å². The van der Waals surface area contributed by atoms with Crippen LogP contribution in [0.3, 0.4) is 0 Å². The molecule has 0 bridgehead atoms. The summed E-state index contributed by atoms with van der Waals surface area (Å²) in [5.74, 6) is 0.372. The van der Waals surface area contributed by atoms with E-state index in [9.17, 15) is 9.59 Å². The van der Waals surface area contributed by atoms with Crippen molar-refractivity contribution >= 4 is 11.7 Å². The molecular formula is C21H28N2O4. The van der Waals surface area contributed by atoms with Gasteiger partial charge in [0.15, 0.2) is 5.78 Å². The van der Waals surface area contributed by atoms with Crippen molar-refractivity contribution in [3.8, 4) is 5.75 Å². The molecule has 27 heavy (non-hydrogen) atoms. The van der Waals surface area contributed by atoms with E-state index in [1.165, 1.54) is 5.57 Å². The Balaban J connectivity index is 1.62. The smallest absolute Gasteiger partial charge is 0.237 e. The number of hydrogen-bond donors (Lipinski definition) is 2. The van der Waals surface area contributed by atoms with Gasteiger partial charge in [-0.2, -0.15) is 0 Å². The highest BCUT2D eigenvalue weighted by Crippen LogP contribution is 2.31. The summed E-state index contributed by atoms with van der Waals surface area (Å²) in [4.78, 5) is 25.4. The van der Waals surface area contributed by atoms with Crippen molar-refractivity contribution in [2.75, 3.05) is 13.7 Å². The number of carbonyl (C=O) groups excluding carboxylic acids is 2. The summed E-state index contributed by atoms with van der Waals surface area (Å²) in [7, 11) is 1.61. The number of epoxide rings is 1.